The molecule has 0 saturated heterocycles. The molecular formula is C8H3ClF3N. The number of rotatable bonds is 1. The van der Waals surface area contributed by atoms with E-state index >= 15 is 0 Å². The van der Waals surface area contributed by atoms with E-state index in [9.17, 15) is 13.2 Å². The summed E-state index contributed by atoms with van der Waals surface area (Å²) >= 11 is 5.08. The summed E-state index contributed by atoms with van der Waals surface area (Å²) in [5, 5.41) is 7.31. The monoisotopic (exact) mass is 205 g/mol. The second-order valence-electron chi connectivity index (χ2n) is 2.29. The Labute approximate surface area is 77.4 Å². The molecule has 1 aromatic rings. The van der Waals surface area contributed by atoms with Crippen LogP contribution in [0.2, 0.25) is 5.02 Å². The van der Waals surface area contributed by atoms with E-state index in [2.05, 4.69) is 0 Å². The Bertz CT molecular complexity index is 384. The highest BCUT2D eigenvalue weighted by Gasteiger charge is 2.16. The van der Waals surface area contributed by atoms with E-state index in [0.29, 0.717) is 6.07 Å². The molecule has 1 nitrogen and oxygen atoms in total. The van der Waals surface area contributed by atoms with E-state index in [-0.39, 0.29) is 5.56 Å². The summed E-state index contributed by atoms with van der Waals surface area (Å²) in [6, 6.07) is 2.29. The Morgan fingerprint density at radius 3 is 2.46 bits per heavy atom. The van der Waals surface area contributed by atoms with Gasteiger partial charge >= 0.3 is 0 Å². The number of hydrogen-bond acceptors (Lipinski definition) is 1. The fourth-order valence-electron chi connectivity index (χ4n) is 0.836. The minimum Gasteiger partial charge on any atom is -0.205 e. The summed E-state index contributed by atoms with van der Waals surface area (Å²) in [6.45, 7) is 0. The van der Waals surface area contributed by atoms with Crippen LogP contribution in [0.4, 0.5) is 13.2 Å². The average Bonchev–Trinajstić information content (AvgIpc) is 2.11. The van der Waals surface area contributed by atoms with Gasteiger partial charge in [-0.1, -0.05) is 11.6 Å². The van der Waals surface area contributed by atoms with Crippen LogP contribution in [0.5, 0.6) is 0 Å². The van der Waals surface area contributed by atoms with Crippen molar-refractivity contribution in [1.29, 1.82) is 5.26 Å². The van der Waals surface area contributed by atoms with Crippen LogP contribution in [0.25, 0.3) is 0 Å². The number of benzene rings is 1. The van der Waals surface area contributed by atoms with Crippen molar-refractivity contribution in [3.63, 3.8) is 0 Å². The number of nitrogens with zero attached hydrogens (tertiary/aromatic N) is 1. The highest BCUT2D eigenvalue weighted by Crippen LogP contribution is 2.24. The van der Waals surface area contributed by atoms with Crippen molar-refractivity contribution >= 4 is 11.6 Å². The molecule has 0 N–H and O–H groups in total. The molecule has 0 aliphatic heterocycles. The maximum atomic E-state index is 12.9. The average molecular weight is 206 g/mol. The first kappa shape index (κ1) is 9.87. The summed E-state index contributed by atoms with van der Waals surface area (Å²) in [5.74, 6) is -3.79. The van der Waals surface area contributed by atoms with Crippen molar-refractivity contribution in [3.05, 3.63) is 34.1 Å². The van der Waals surface area contributed by atoms with Crippen LogP contribution in [-0.2, 0) is 6.42 Å². The predicted octanol–water partition coefficient (Wildman–Crippen LogP) is 2.82. The van der Waals surface area contributed by atoms with Crippen molar-refractivity contribution in [1.82, 2.24) is 0 Å². The molecule has 68 valence electrons. The lowest BCUT2D eigenvalue weighted by molar-refractivity contribution is 0.488. The molecule has 0 aliphatic carbocycles. The molecule has 0 saturated carbocycles. The van der Waals surface area contributed by atoms with E-state index in [1.54, 1.807) is 6.07 Å². The Morgan fingerprint density at radius 2 is 1.92 bits per heavy atom. The molecule has 1 aromatic carbocycles. The third-order valence-electron chi connectivity index (χ3n) is 1.45. The van der Waals surface area contributed by atoms with Gasteiger partial charge in [0.2, 0.25) is 0 Å². The molecular weight excluding hydrogens is 203 g/mol. The first-order valence-corrected chi connectivity index (χ1v) is 3.64. The number of halogens is 4. The molecule has 0 spiro atoms. The fourth-order valence-corrected chi connectivity index (χ4v) is 0.973. The number of hydrogen-bond donors (Lipinski definition) is 0. The molecule has 1 rings (SSSR count). The van der Waals surface area contributed by atoms with E-state index in [1.807, 2.05) is 0 Å². The van der Waals surface area contributed by atoms with Crippen LogP contribution in [0.1, 0.15) is 5.56 Å². The highest BCUT2D eigenvalue weighted by molar-refractivity contribution is 6.30. The minimum atomic E-state index is -1.45. The van der Waals surface area contributed by atoms with Crippen LogP contribution in [-0.4, -0.2) is 0 Å². The van der Waals surface area contributed by atoms with Crippen molar-refractivity contribution in [3.8, 4) is 6.07 Å². The van der Waals surface area contributed by atoms with Gasteiger partial charge in [-0.25, -0.2) is 13.2 Å². The predicted molar refractivity (Wildman–Crippen MR) is 40.6 cm³/mol. The fraction of sp³-hybridized carbons (Fsp3) is 0.125. The van der Waals surface area contributed by atoms with Gasteiger partial charge in [0.15, 0.2) is 11.6 Å². The summed E-state index contributed by atoms with van der Waals surface area (Å²) in [4.78, 5) is 0. The van der Waals surface area contributed by atoms with E-state index in [0.717, 1.165) is 0 Å². The van der Waals surface area contributed by atoms with Crippen molar-refractivity contribution in [2.75, 3.05) is 0 Å². The van der Waals surface area contributed by atoms with Crippen LogP contribution in [0, 0.1) is 28.8 Å². The largest absolute Gasteiger partial charge is 0.205 e. The van der Waals surface area contributed by atoms with Crippen LogP contribution >= 0.6 is 11.6 Å². The lowest BCUT2D eigenvalue weighted by Crippen LogP contribution is -1.97. The molecule has 0 unspecified atom stereocenters. The maximum Gasteiger partial charge on any atom is 0.180 e. The van der Waals surface area contributed by atoms with Gasteiger partial charge in [0.1, 0.15) is 10.8 Å². The standard InChI is InChI=1S/C8H3ClF3N/c9-6-5(10)3-4(1-2-13)7(11)8(6)12/h3H,1H2. The topological polar surface area (TPSA) is 23.8 Å². The lowest BCUT2D eigenvalue weighted by atomic mass is 10.1. The quantitative estimate of drug-likeness (QED) is 0.511. The second-order valence-corrected chi connectivity index (χ2v) is 2.67. The SMILES string of the molecule is N#CCc1cc(F)c(Cl)c(F)c1F. The molecule has 0 aromatic heterocycles. The Morgan fingerprint density at radius 1 is 1.31 bits per heavy atom. The summed E-state index contributed by atoms with van der Waals surface area (Å²) in [6.07, 6.45) is -0.392. The Kier molecular flexibility index (Phi) is 2.79. The number of nitriles is 1. The zero-order valence-electron chi connectivity index (χ0n) is 6.24. The van der Waals surface area contributed by atoms with Crippen molar-refractivity contribution in [2.45, 2.75) is 6.42 Å². The van der Waals surface area contributed by atoms with Gasteiger partial charge in [0, 0.05) is 5.56 Å². The third kappa shape index (κ3) is 1.76. The van der Waals surface area contributed by atoms with E-state index < -0.39 is 28.9 Å². The van der Waals surface area contributed by atoms with Crippen LogP contribution in [0.3, 0.4) is 0 Å². The molecule has 0 amide bonds. The first-order valence-electron chi connectivity index (χ1n) is 3.26. The summed E-state index contributed by atoms with van der Waals surface area (Å²) in [7, 11) is 0. The molecule has 0 radical (unpaired) electrons. The molecule has 0 atom stereocenters. The van der Waals surface area contributed by atoms with Gasteiger partial charge in [0.05, 0.1) is 12.5 Å². The molecule has 0 aliphatic rings. The summed E-state index contributed by atoms with van der Waals surface area (Å²) in [5.41, 5.74) is -0.332. The van der Waals surface area contributed by atoms with Crippen molar-refractivity contribution in [2.24, 2.45) is 0 Å². The molecule has 5 heteroatoms. The Balaban J connectivity index is 3.34. The van der Waals surface area contributed by atoms with Gasteiger partial charge in [-0.05, 0) is 6.07 Å². The lowest BCUT2D eigenvalue weighted by Gasteiger charge is -2.02. The Hall–Kier alpha value is -1.21. The molecule has 13 heavy (non-hydrogen) atoms. The van der Waals surface area contributed by atoms with Gasteiger partial charge in [-0.15, -0.1) is 0 Å². The summed E-state index contributed by atoms with van der Waals surface area (Å²) < 4.78 is 38.3. The van der Waals surface area contributed by atoms with Gasteiger partial charge < -0.3 is 0 Å². The van der Waals surface area contributed by atoms with Gasteiger partial charge in [-0.3, -0.25) is 0 Å². The zero-order valence-corrected chi connectivity index (χ0v) is 7.00. The zero-order chi connectivity index (χ0) is 10.0. The van der Waals surface area contributed by atoms with Crippen LogP contribution < -0.4 is 0 Å². The highest BCUT2D eigenvalue weighted by atomic mass is 35.5. The van der Waals surface area contributed by atoms with E-state index in [1.165, 1.54) is 0 Å². The molecule has 0 bridgehead atoms. The van der Waals surface area contributed by atoms with E-state index in [4.69, 9.17) is 16.9 Å². The molecule has 0 fully saturated rings. The van der Waals surface area contributed by atoms with Gasteiger partial charge in [0.25, 0.3) is 0 Å². The normalized spacial score (nSPS) is 9.77. The first-order chi connectivity index (χ1) is 6.07. The smallest absolute Gasteiger partial charge is 0.180 e. The van der Waals surface area contributed by atoms with Gasteiger partial charge in [-0.2, -0.15) is 5.26 Å². The maximum absolute atomic E-state index is 12.9. The van der Waals surface area contributed by atoms with Crippen molar-refractivity contribution < 1.29 is 13.2 Å². The molecule has 0 heterocycles. The third-order valence-corrected chi connectivity index (χ3v) is 1.79. The second kappa shape index (κ2) is 3.67. The minimum absolute atomic E-state index is 0.332. The van der Waals surface area contributed by atoms with Crippen LogP contribution in [0.15, 0.2) is 6.07 Å².